The Bertz CT molecular complexity index is 1320. The topological polar surface area (TPSA) is 132 Å². The zero-order valence-electron chi connectivity index (χ0n) is 19.0. The van der Waals surface area contributed by atoms with Crippen LogP contribution >= 0.6 is 11.6 Å². The number of esters is 1. The van der Waals surface area contributed by atoms with Crippen molar-refractivity contribution in [2.24, 2.45) is 0 Å². The highest BCUT2D eigenvalue weighted by atomic mass is 35.5. The fraction of sp³-hybridized carbons (Fsp3) is 0.292. The van der Waals surface area contributed by atoms with Crippen LogP contribution in [-0.2, 0) is 19.1 Å². The average molecular weight is 519 g/mol. The van der Waals surface area contributed by atoms with Gasteiger partial charge < -0.3 is 20.7 Å². The minimum Gasteiger partial charge on any atom is -0.456 e. The van der Waals surface area contributed by atoms with Gasteiger partial charge in [-0.1, -0.05) is 11.6 Å². The summed E-state index contributed by atoms with van der Waals surface area (Å²) in [5, 5.41) is 2.04. The fourth-order valence-corrected chi connectivity index (χ4v) is 4.63. The molecule has 188 valence electrons. The molecule has 1 fully saturated rings. The zero-order chi connectivity index (χ0) is 26.1. The molecule has 0 unspecified atom stereocenters. The molecule has 9 nitrogen and oxygen atoms in total. The van der Waals surface area contributed by atoms with Crippen LogP contribution in [0.4, 0.5) is 20.3 Å². The summed E-state index contributed by atoms with van der Waals surface area (Å²) in [6.45, 7) is 0.389. The molecule has 0 aliphatic carbocycles. The number of ketones is 1. The maximum absolute atomic E-state index is 14.6. The van der Waals surface area contributed by atoms with E-state index in [1.54, 1.807) is 0 Å². The number of benzene rings is 1. The lowest BCUT2D eigenvalue weighted by Crippen LogP contribution is -2.47. The first-order valence-corrected chi connectivity index (χ1v) is 11.3. The third-order valence-electron chi connectivity index (χ3n) is 6.06. The number of fused-ring (bicyclic) bond motifs is 1. The van der Waals surface area contributed by atoms with Crippen molar-refractivity contribution in [2.75, 3.05) is 17.7 Å². The summed E-state index contributed by atoms with van der Waals surface area (Å²) in [6.07, 6.45) is 3.32. The fourth-order valence-electron chi connectivity index (χ4n) is 4.47. The maximum atomic E-state index is 14.6. The monoisotopic (exact) mass is 518 g/mol. The van der Waals surface area contributed by atoms with Gasteiger partial charge >= 0.3 is 5.97 Å². The van der Waals surface area contributed by atoms with E-state index in [-0.39, 0.29) is 29.1 Å². The third-order valence-corrected chi connectivity index (χ3v) is 6.35. The molecule has 1 aromatic carbocycles. The van der Waals surface area contributed by atoms with Gasteiger partial charge in [-0.15, -0.1) is 0 Å². The van der Waals surface area contributed by atoms with Gasteiger partial charge in [-0.25, -0.2) is 18.6 Å². The number of nitrogen functional groups attached to an aromatic ring is 1. The van der Waals surface area contributed by atoms with Gasteiger partial charge in [0, 0.05) is 36.5 Å². The first kappa shape index (κ1) is 25.2. The van der Waals surface area contributed by atoms with Crippen molar-refractivity contribution in [3.8, 4) is 0 Å². The Hall–Kier alpha value is -3.86. The van der Waals surface area contributed by atoms with Crippen molar-refractivity contribution in [3.05, 3.63) is 58.3 Å². The minimum atomic E-state index is -1.05. The Balaban J connectivity index is 1.45. The molecule has 2 aliphatic rings. The van der Waals surface area contributed by atoms with Crippen molar-refractivity contribution < 1.29 is 32.7 Å². The number of rotatable bonds is 6. The van der Waals surface area contributed by atoms with Crippen molar-refractivity contribution in [1.29, 1.82) is 0 Å². The Labute approximate surface area is 209 Å². The van der Waals surface area contributed by atoms with Crippen LogP contribution in [0.25, 0.3) is 5.57 Å². The molecule has 0 saturated carbocycles. The van der Waals surface area contributed by atoms with Gasteiger partial charge in [-0.3, -0.25) is 14.4 Å². The van der Waals surface area contributed by atoms with Gasteiger partial charge in [0.15, 0.2) is 24.1 Å². The van der Waals surface area contributed by atoms with Crippen LogP contribution in [0.5, 0.6) is 0 Å². The second-order valence-corrected chi connectivity index (χ2v) is 8.83. The average Bonchev–Trinajstić information content (AvgIpc) is 3.26. The van der Waals surface area contributed by atoms with Gasteiger partial charge in [0.1, 0.15) is 6.04 Å². The van der Waals surface area contributed by atoms with Crippen LogP contribution in [-0.4, -0.2) is 52.1 Å². The number of amides is 2. The SMILES string of the molecule is CC(=O)Nc1nccc(C(=O)COC(=O)[C@@H]2CC[C@@H]3CC(c4c(N)ccc(Cl)c4F)=CC(=O)N32)c1F. The molecule has 12 heteroatoms. The number of nitrogens with zero attached hydrogens (tertiary/aromatic N) is 2. The highest BCUT2D eigenvalue weighted by Crippen LogP contribution is 2.39. The van der Waals surface area contributed by atoms with E-state index >= 15 is 0 Å². The summed E-state index contributed by atoms with van der Waals surface area (Å²) in [4.78, 5) is 54.3. The van der Waals surface area contributed by atoms with Gasteiger partial charge in [0.05, 0.1) is 10.6 Å². The molecule has 4 rings (SSSR count). The van der Waals surface area contributed by atoms with E-state index in [1.165, 1.54) is 23.1 Å². The number of ether oxygens (including phenoxy) is 1. The van der Waals surface area contributed by atoms with E-state index in [9.17, 15) is 28.0 Å². The summed E-state index contributed by atoms with van der Waals surface area (Å²) in [6, 6.07) is 2.53. The molecule has 36 heavy (non-hydrogen) atoms. The number of pyridine rings is 1. The Kier molecular flexibility index (Phi) is 7.02. The summed E-state index contributed by atoms with van der Waals surface area (Å²) in [7, 11) is 0. The van der Waals surface area contributed by atoms with Gasteiger partial charge in [0.2, 0.25) is 17.6 Å². The number of hydrogen-bond acceptors (Lipinski definition) is 7. The number of nitrogens with one attached hydrogen (secondary N) is 1. The lowest BCUT2D eigenvalue weighted by molar-refractivity contribution is -0.152. The van der Waals surface area contributed by atoms with Gasteiger partial charge in [0.25, 0.3) is 0 Å². The van der Waals surface area contributed by atoms with Crippen LogP contribution < -0.4 is 11.1 Å². The number of hydrogen-bond donors (Lipinski definition) is 2. The molecule has 2 atom stereocenters. The van der Waals surface area contributed by atoms with Crippen molar-refractivity contribution in [3.63, 3.8) is 0 Å². The van der Waals surface area contributed by atoms with E-state index in [2.05, 4.69) is 10.3 Å². The molecule has 3 N–H and O–H groups in total. The van der Waals surface area contributed by atoms with E-state index in [4.69, 9.17) is 22.1 Å². The molecule has 1 saturated heterocycles. The lowest BCUT2D eigenvalue weighted by atomic mass is 9.92. The summed E-state index contributed by atoms with van der Waals surface area (Å²) in [5.41, 5.74) is 6.09. The first-order chi connectivity index (χ1) is 17.1. The molecule has 0 bridgehead atoms. The van der Waals surface area contributed by atoms with Gasteiger partial charge in [-0.05, 0) is 43.0 Å². The normalized spacial score (nSPS) is 18.9. The standard InChI is InChI=1S/C24H21ClF2N4O5/c1-11(32)30-23-21(26)14(6-7-29-23)18(33)10-36-24(35)17-5-2-13-8-12(9-19(34)31(13)17)20-16(28)4-3-15(25)22(20)27/h3-4,6-7,9,13,17H,2,5,8,10,28H2,1H3,(H,29,30,32)/t13-,17+/m1/s1. The van der Waals surface area contributed by atoms with Crippen LogP contribution in [0.1, 0.15) is 42.1 Å². The van der Waals surface area contributed by atoms with Crippen LogP contribution in [0.15, 0.2) is 30.5 Å². The van der Waals surface area contributed by atoms with Gasteiger partial charge in [-0.2, -0.15) is 0 Å². The second kappa shape index (κ2) is 10.0. The Morgan fingerprint density at radius 3 is 2.69 bits per heavy atom. The van der Waals surface area contributed by atoms with Crippen molar-refractivity contribution in [1.82, 2.24) is 9.88 Å². The molecule has 1 aromatic heterocycles. The molecular formula is C24H21ClF2N4O5. The second-order valence-electron chi connectivity index (χ2n) is 8.42. The number of Topliss-reactive ketones (excluding diaryl/α,β-unsaturated/α-hetero) is 1. The van der Waals surface area contributed by atoms with Crippen LogP contribution in [0, 0.1) is 11.6 Å². The van der Waals surface area contributed by atoms with E-state index in [1.807, 2.05) is 0 Å². The zero-order valence-corrected chi connectivity index (χ0v) is 19.8. The molecule has 0 spiro atoms. The summed E-state index contributed by atoms with van der Waals surface area (Å²) >= 11 is 5.88. The van der Waals surface area contributed by atoms with E-state index in [0.29, 0.717) is 12.0 Å². The molecule has 2 amide bonds. The quantitative estimate of drug-likeness (QED) is 0.341. The van der Waals surface area contributed by atoms with E-state index in [0.717, 1.165) is 19.2 Å². The number of anilines is 2. The minimum absolute atomic E-state index is 0.0603. The number of carbonyl (C=O) groups excluding carboxylic acids is 4. The molecule has 2 aromatic rings. The summed E-state index contributed by atoms with van der Waals surface area (Å²) < 4.78 is 34.2. The first-order valence-electron chi connectivity index (χ1n) is 11.0. The Morgan fingerprint density at radius 2 is 1.97 bits per heavy atom. The predicted octanol–water partition coefficient (Wildman–Crippen LogP) is 3.13. The van der Waals surface area contributed by atoms with Crippen molar-refractivity contribution >= 4 is 52.2 Å². The third kappa shape index (κ3) is 4.78. The summed E-state index contributed by atoms with van der Waals surface area (Å²) in [5.74, 6) is -4.95. The number of aromatic nitrogens is 1. The number of nitrogens with two attached hydrogens (primary N) is 1. The molecule has 2 aliphatic heterocycles. The number of halogens is 3. The van der Waals surface area contributed by atoms with Crippen LogP contribution in [0.2, 0.25) is 5.02 Å². The highest BCUT2D eigenvalue weighted by molar-refractivity contribution is 6.31. The lowest BCUT2D eigenvalue weighted by Gasteiger charge is -2.33. The molecule has 3 heterocycles. The highest BCUT2D eigenvalue weighted by Gasteiger charge is 2.44. The number of carbonyl (C=O) groups is 4. The largest absolute Gasteiger partial charge is 0.456 e. The van der Waals surface area contributed by atoms with Crippen LogP contribution in [0.3, 0.4) is 0 Å². The van der Waals surface area contributed by atoms with Crippen molar-refractivity contribution in [2.45, 2.75) is 38.3 Å². The molecule has 0 radical (unpaired) electrons. The smallest absolute Gasteiger partial charge is 0.329 e. The predicted molar refractivity (Wildman–Crippen MR) is 126 cm³/mol. The maximum Gasteiger partial charge on any atom is 0.329 e. The Morgan fingerprint density at radius 1 is 1.22 bits per heavy atom. The van der Waals surface area contributed by atoms with E-state index < -0.39 is 65.3 Å². The molecular weight excluding hydrogens is 498 g/mol.